The summed E-state index contributed by atoms with van der Waals surface area (Å²) in [6.45, 7) is 5.09. The third-order valence-corrected chi connectivity index (χ3v) is 3.97. The predicted octanol–water partition coefficient (Wildman–Crippen LogP) is 0.445. The Bertz CT molecular complexity index is 223. The van der Waals surface area contributed by atoms with Crippen LogP contribution < -0.4 is 0 Å². The van der Waals surface area contributed by atoms with Crippen LogP contribution in [0.2, 0.25) is 0 Å². The summed E-state index contributed by atoms with van der Waals surface area (Å²) in [6.07, 6.45) is 2.99. The lowest BCUT2D eigenvalue weighted by molar-refractivity contribution is -0.136. The molecule has 2 heterocycles. The summed E-state index contributed by atoms with van der Waals surface area (Å²) >= 11 is 1.76. The number of carbonyl (C=O) groups is 1. The molecule has 0 spiro atoms. The Morgan fingerprint density at radius 1 is 1.33 bits per heavy atom. The van der Waals surface area contributed by atoms with E-state index in [0.717, 1.165) is 39.2 Å². The number of carbonyl (C=O) groups excluding carboxylic acids is 1. The lowest BCUT2D eigenvalue weighted by atomic mass is 10.1. The minimum atomic E-state index is 0.130. The number of piperazine rings is 1. The number of hydrogen-bond donors (Lipinski definition) is 0. The minimum Gasteiger partial charge on any atom is -0.381 e. The molecule has 0 aromatic rings. The number of hydrogen-bond acceptors (Lipinski definition) is 4. The highest BCUT2D eigenvalue weighted by atomic mass is 32.2. The molecule has 0 aromatic carbocycles. The molecule has 0 saturated carbocycles. The Kier molecular flexibility index (Phi) is 3.88. The van der Waals surface area contributed by atoms with Crippen LogP contribution in [0.15, 0.2) is 0 Å². The van der Waals surface area contributed by atoms with Gasteiger partial charge < -0.3 is 9.64 Å². The fourth-order valence-electron chi connectivity index (χ4n) is 2.08. The van der Waals surface area contributed by atoms with Gasteiger partial charge in [0.2, 0.25) is 5.91 Å². The second-order valence-electron chi connectivity index (χ2n) is 4.00. The third kappa shape index (κ3) is 2.65. The maximum Gasteiger partial charge on any atom is 0.228 e. The van der Waals surface area contributed by atoms with Crippen molar-refractivity contribution in [2.45, 2.75) is 6.42 Å². The van der Waals surface area contributed by atoms with E-state index in [1.807, 2.05) is 4.90 Å². The molecule has 2 aliphatic rings. The summed E-state index contributed by atoms with van der Waals surface area (Å²) in [5, 5.41) is 0. The average Bonchev–Trinajstić information content (AvgIpc) is 2.82. The maximum absolute atomic E-state index is 12.0. The van der Waals surface area contributed by atoms with Crippen molar-refractivity contribution in [3.8, 4) is 0 Å². The molecular formula is C10H18N2O2S. The van der Waals surface area contributed by atoms with Crippen LogP contribution in [0.4, 0.5) is 0 Å². The summed E-state index contributed by atoms with van der Waals surface area (Å²) < 4.78 is 7.55. The SMILES string of the molecule is CSN1CCN(C(=O)C2CCOC2)CC1. The van der Waals surface area contributed by atoms with Crippen molar-refractivity contribution in [3.63, 3.8) is 0 Å². The average molecular weight is 230 g/mol. The fourth-order valence-corrected chi connectivity index (χ4v) is 2.61. The molecule has 1 atom stereocenters. The monoisotopic (exact) mass is 230 g/mol. The Morgan fingerprint density at radius 3 is 2.60 bits per heavy atom. The van der Waals surface area contributed by atoms with E-state index >= 15 is 0 Å². The Morgan fingerprint density at radius 2 is 2.07 bits per heavy atom. The van der Waals surface area contributed by atoms with Gasteiger partial charge in [0.1, 0.15) is 0 Å². The van der Waals surface area contributed by atoms with Crippen LogP contribution in [0.3, 0.4) is 0 Å². The van der Waals surface area contributed by atoms with E-state index in [1.165, 1.54) is 0 Å². The van der Waals surface area contributed by atoms with Crippen LogP contribution in [-0.4, -0.2) is 60.8 Å². The minimum absolute atomic E-state index is 0.130. The zero-order chi connectivity index (χ0) is 10.7. The summed E-state index contributed by atoms with van der Waals surface area (Å²) in [5.41, 5.74) is 0. The van der Waals surface area contributed by atoms with Gasteiger partial charge in [0.05, 0.1) is 12.5 Å². The van der Waals surface area contributed by atoms with Gasteiger partial charge in [0.25, 0.3) is 0 Å². The maximum atomic E-state index is 12.0. The van der Waals surface area contributed by atoms with Crippen molar-refractivity contribution in [2.24, 2.45) is 5.92 Å². The molecule has 0 radical (unpaired) electrons. The molecule has 5 heteroatoms. The molecule has 0 bridgehead atoms. The van der Waals surface area contributed by atoms with Crippen LogP contribution in [0, 0.1) is 5.92 Å². The van der Waals surface area contributed by atoms with Gasteiger partial charge in [-0.1, -0.05) is 11.9 Å². The Balaban J connectivity index is 1.81. The van der Waals surface area contributed by atoms with Gasteiger partial charge in [-0.15, -0.1) is 0 Å². The lowest BCUT2D eigenvalue weighted by Gasteiger charge is -2.34. The zero-order valence-corrected chi connectivity index (χ0v) is 9.96. The molecule has 2 rings (SSSR count). The van der Waals surface area contributed by atoms with Crippen molar-refractivity contribution in [3.05, 3.63) is 0 Å². The van der Waals surface area contributed by atoms with Crippen molar-refractivity contribution in [1.82, 2.24) is 9.21 Å². The van der Waals surface area contributed by atoms with Crippen molar-refractivity contribution in [1.29, 1.82) is 0 Å². The number of rotatable bonds is 2. The molecule has 86 valence electrons. The molecule has 2 aliphatic heterocycles. The van der Waals surface area contributed by atoms with E-state index in [2.05, 4.69) is 10.6 Å². The standard InChI is InChI=1S/C10H18N2O2S/c1-15-12-5-3-11(4-6-12)10(13)9-2-7-14-8-9/h9H,2-8H2,1H3. The van der Waals surface area contributed by atoms with Crippen LogP contribution in [-0.2, 0) is 9.53 Å². The summed E-state index contributed by atoms with van der Waals surface area (Å²) in [5.74, 6) is 0.430. The van der Waals surface area contributed by atoms with Gasteiger partial charge >= 0.3 is 0 Å². The van der Waals surface area contributed by atoms with Crippen LogP contribution in [0.1, 0.15) is 6.42 Å². The van der Waals surface area contributed by atoms with Crippen molar-refractivity contribution < 1.29 is 9.53 Å². The lowest BCUT2D eigenvalue weighted by Crippen LogP contribution is -2.48. The molecular weight excluding hydrogens is 212 g/mol. The zero-order valence-electron chi connectivity index (χ0n) is 9.15. The van der Waals surface area contributed by atoms with E-state index in [0.29, 0.717) is 12.5 Å². The van der Waals surface area contributed by atoms with Gasteiger partial charge in [-0.3, -0.25) is 4.79 Å². The van der Waals surface area contributed by atoms with E-state index < -0.39 is 0 Å². The molecule has 4 nitrogen and oxygen atoms in total. The third-order valence-electron chi connectivity index (χ3n) is 3.09. The molecule has 2 fully saturated rings. The Labute approximate surface area is 95.1 Å². The number of ether oxygens (including phenoxy) is 1. The van der Waals surface area contributed by atoms with Gasteiger partial charge in [0, 0.05) is 32.8 Å². The summed E-state index contributed by atoms with van der Waals surface area (Å²) in [6, 6.07) is 0. The van der Waals surface area contributed by atoms with E-state index in [-0.39, 0.29) is 5.92 Å². The van der Waals surface area contributed by atoms with Crippen LogP contribution >= 0.6 is 11.9 Å². The highest BCUT2D eigenvalue weighted by Crippen LogP contribution is 2.18. The topological polar surface area (TPSA) is 32.8 Å². The second-order valence-corrected chi connectivity index (χ2v) is 4.88. The molecule has 1 amide bonds. The smallest absolute Gasteiger partial charge is 0.228 e. The molecule has 15 heavy (non-hydrogen) atoms. The summed E-state index contributed by atoms with van der Waals surface area (Å²) in [4.78, 5) is 14.0. The van der Waals surface area contributed by atoms with Gasteiger partial charge in [-0.2, -0.15) is 0 Å². The second kappa shape index (κ2) is 5.18. The fraction of sp³-hybridized carbons (Fsp3) is 0.900. The van der Waals surface area contributed by atoms with E-state index in [4.69, 9.17) is 4.74 Å². The molecule has 0 aliphatic carbocycles. The summed E-state index contributed by atoms with van der Waals surface area (Å²) in [7, 11) is 0. The highest BCUT2D eigenvalue weighted by molar-refractivity contribution is 7.96. The normalized spacial score (nSPS) is 28.3. The predicted molar refractivity (Wildman–Crippen MR) is 60.6 cm³/mol. The first-order chi connectivity index (χ1) is 7.31. The largest absolute Gasteiger partial charge is 0.381 e. The van der Waals surface area contributed by atoms with Crippen LogP contribution in [0.25, 0.3) is 0 Å². The molecule has 0 N–H and O–H groups in total. The van der Waals surface area contributed by atoms with Crippen molar-refractivity contribution in [2.75, 3.05) is 45.6 Å². The van der Waals surface area contributed by atoms with Gasteiger partial charge in [-0.25, -0.2) is 4.31 Å². The first-order valence-electron chi connectivity index (χ1n) is 5.47. The molecule has 1 unspecified atom stereocenters. The molecule has 2 saturated heterocycles. The quantitative estimate of drug-likeness (QED) is 0.645. The van der Waals surface area contributed by atoms with Gasteiger partial charge in [0.15, 0.2) is 0 Å². The first-order valence-corrected chi connectivity index (χ1v) is 6.65. The van der Waals surface area contributed by atoms with Crippen molar-refractivity contribution >= 4 is 17.9 Å². The number of amides is 1. The van der Waals surface area contributed by atoms with Crippen LogP contribution in [0.5, 0.6) is 0 Å². The number of nitrogens with zero attached hydrogens (tertiary/aromatic N) is 2. The van der Waals surface area contributed by atoms with Gasteiger partial charge in [-0.05, 0) is 12.7 Å². The first kappa shape index (κ1) is 11.2. The highest BCUT2D eigenvalue weighted by Gasteiger charge is 2.29. The molecule has 0 aromatic heterocycles. The van der Waals surface area contributed by atoms with E-state index in [1.54, 1.807) is 11.9 Å². The Hall–Kier alpha value is -0.260. The van der Waals surface area contributed by atoms with E-state index in [9.17, 15) is 4.79 Å².